The van der Waals surface area contributed by atoms with Crippen molar-refractivity contribution in [2.45, 2.75) is 50.2 Å². The van der Waals surface area contributed by atoms with E-state index in [-0.39, 0.29) is 33.6 Å². The molecule has 178 valence electrons. The number of nitrogens with two attached hydrogens (primary N) is 1. The first-order valence-electron chi connectivity index (χ1n) is 10.0. The van der Waals surface area contributed by atoms with Crippen molar-refractivity contribution in [1.29, 1.82) is 0 Å². The highest BCUT2D eigenvalue weighted by atomic mass is 32.2. The summed E-state index contributed by atoms with van der Waals surface area (Å²) in [6.07, 6.45) is -4.44. The molecule has 33 heavy (non-hydrogen) atoms. The first-order valence-corrected chi connectivity index (χ1v) is 11.6. The summed E-state index contributed by atoms with van der Waals surface area (Å²) in [5.41, 5.74) is 1.70. The highest BCUT2D eigenvalue weighted by molar-refractivity contribution is 7.89. The van der Waals surface area contributed by atoms with Gasteiger partial charge in [-0.15, -0.1) is 0 Å². The molecule has 1 aromatic carbocycles. The lowest BCUT2D eigenvalue weighted by atomic mass is 9.91. The summed E-state index contributed by atoms with van der Waals surface area (Å²) in [5.74, 6) is 0.0585. The molecular weight excluding hydrogens is 457 g/mol. The number of nitrogens with zero attached hydrogens (tertiary/aromatic N) is 3. The van der Waals surface area contributed by atoms with Crippen LogP contribution in [-0.2, 0) is 15.4 Å². The fourth-order valence-corrected chi connectivity index (χ4v) is 3.54. The van der Waals surface area contributed by atoms with E-state index in [0.717, 1.165) is 0 Å². The number of nitrogens with one attached hydrogen (secondary N) is 2. The highest BCUT2D eigenvalue weighted by Gasteiger charge is 2.28. The topological polar surface area (TPSA) is 123 Å². The Labute approximate surface area is 189 Å². The molecule has 0 saturated carbocycles. The minimum atomic E-state index is -4.44. The third kappa shape index (κ3) is 6.29. The van der Waals surface area contributed by atoms with Crippen LogP contribution >= 0.6 is 0 Å². The maximum atomic E-state index is 12.9. The van der Waals surface area contributed by atoms with Gasteiger partial charge in [0.2, 0.25) is 16.0 Å². The van der Waals surface area contributed by atoms with Gasteiger partial charge in [-0.05, 0) is 36.8 Å². The summed E-state index contributed by atoms with van der Waals surface area (Å²) in [4.78, 5) is 13.1. The summed E-state index contributed by atoms with van der Waals surface area (Å²) >= 11 is 0. The number of benzene rings is 1. The number of rotatable bonds is 6. The van der Waals surface area contributed by atoms with Gasteiger partial charge in [0.1, 0.15) is 12.1 Å². The van der Waals surface area contributed by atoms with Crippen LogP contribution in [0.1, 0.15) is 45.0 Å². The van der Waals surface area contributed by atoms with Crippen LogP contribution in [-0.4, -0.2) is 36.1 Å². The van der Waals surface area contributed by atoms with Crippen LogP contribution in [0, 0.1) is 0 Å². The zero-order valence-corrected chi connectivity index (χ0v) is 19.3. The minimum Gasteiger partial charge on any atom is -0.359 e. The van der Waals surface area contributed by atoms with E-state index in [0.29, 0.717) is 16.8 Å². The summed E-state index contributed by atoms with van der Waals surface area (Å²) in [5, 5.41) is 10.5. The van der Waals surface area contributed by atoms with E-state index in [1.807, 2.05) is 20.8 Å². The number of anilines is 2. The average Bonchev–Trinajstić information content (AvgIpc) is 2.69. The Hall–Kier alpha value is -2.99. The second kappa shape index (κ2) is 8.75. The Morgan fingerprint density at radius 3 is 2.18 bits per heavy atom. The average molecular weight is 483 g/mol. The van der Waals surface area contributed by atoms with E-state index in [2.05, 4.69) is 25.6 Å². The van der Waals surface area contributed by atoms with Crippen molar-refractivity contribution in [3.63, 3.8) is 0 Å². The molecule has 8 nitrogen and oxygen atoms in total. The number of sulfonamides is 1. The molecule has 0 aliphatic rings. The molecule has 0 fully saturated rings. The normalized spacial score (nSPS) is 13.7. The molecule has 3 aromatic rings. The summed E-state index contributed by atoms with van der Waals surface area (Å²) in [6, 6.07) is 9.00. The second-order valence-corrected chi connectivity index (χ2v) is 10.2. The second-order valence-electron chi connectivity index (χ2n) is 8.66. The predicted molar refractivity (Wildman–Crippen MR) is 120 cm³/mol. The number of primary sulfonamides is 1. The summed E-state index contributed by atoms with van der Waals surface area (Å²) in [6.45, 7) is 6.35. The lowest BCUT2D eigenvalue weighted by molar-refractivity contribution is -0.115. The third-order valence-corrected chi connectivity index (χ3v) is 5.75. The number of alkyl halides is 3. The molecule has 2 heterocycles. The number of aromatic nitrogens is 3. The largest absolute Gasteiger partial charge is 0.405 e. The third-order valence-electron chi connectivity index (χ3n) is 4.82. The number of fused-ring (bicyclic) bond motifs is 1. The van der Waals surface area contributed by atoms with Crippen molar-refractivity contribution in [2.75, 3.05) is 17.2 Å². The number of hydrogen-bond acceptors (Lipinski definition) is 7. The smallest absolute Gasteiger partial charge is 0.359 e. The number of pyridine rings is 1. The van der Waals surface area contributed by atoms with Gasteiger partial charge in [-0.1, -0.05) is 32.9 Å². The Kier molecular flexibility index (Phi) is 6.53. The zero-order chi connectivity index (χ0) is 24.6. The summed E-state index contributed by atoms with van der Waals surface area (Å²) in [7, 11) is -3.82. The Balaban J connectivity index is 1.96. The lowest BCUT2D eigenvalue weighted by Crippen LogP contribution is -2.23. The lowest BCUT2D eigenvalue weighted by Gasteiger charge is -2.20. The quantitative estimate of drug-likeness (QED) is 0.483. The van der Waals surface area contributed by atoms with Crippen molar-refractivity contribution >= 4 is 32.8 Å². The van der Waals surface area contributed by atoms with Crippen LogP contribution in [0.15, 0.2) is 41.3 Å². The van der Waals surface area contributed by atoms with Crippen LogP contribution in [0.5, 0.6) is 0 Å². The van der Waals surface area contributed by atoms with Crippen LogP contribution < -0.4 is 15.8 Å². The van der Waals surface area contributed by atoms with Gasteiger partial charge in [0.05, 0.1) is 16.5 Å². The molecule has 0 aliphatic carbocycles. The maximum Gasteiger partial charge on any atom is 0.405 e. The molecule has 0 saturated heterocycles. The van der Waals surface area contributed by atoms with Crippen LogP contribution in [0.3, 0.4) is 0 Å². The van der Waals surface area contributed by atoms with Gasteiger partial charge < -0.3 is 10.6 Å². The zero-order valence-electron chi connectivity index (χ0n) is 18.5. The Bertz CT molecular complexity index is 1260. The fraction of sp³-hybridized carbons (Fsp3) is 0.381. The summed E-state index contributed by atoms with van der Waals surface area (Å²) < 4.78 is 61.5. The molecule has 0 spiro atoms. The van der Waals surface area contributed by atoms with E-state index in [1.54, 1.807) is 31.2 Å². The Morgan fingerprint density at radius 2 is 1.64 bits per heavy atom. The number of hydrogen-bond donors (Lipinski definition) is 3. The van der Waals surface area contributed by atoms with E-state index in [9.17, 15) is 21.6 Å². The van der Waals surface area contributed by atoms with Gasteiger partial charge >= 0.3 is 6.18 Å². The molecule has 1 atom stereocenters. The van der Waals surface area contributed by atoms with Gasteiger partial charge in [0.15, 0.2) is 5.82 Å². The van der Waals surface area contributed by atoms with Gasteiger partial charge in [0.25, 0.3) is 0 Å². The van der Waals surface area contributed by atoms with Gasteiger partial charge in [-0.3, -0.25) is 0 Å². The SMILES string of the molecule is C[C@@H](Nc1nc(NCC(F)(F)F)c2nc(C(C)(C)C)ccc2n1)c1ccc(S(N)(=O)=O)cc1. The highest BCUT2D eigenvalue weighted by Crippen LogP contribution is 2.28. The van der Waals surface area contributed by atoms with Crippen molar-refractivity contribution in [2.24, 2.45) is 5.14 Å². The van der Waals surface area contributed by atoms with Crippen LogP contribution in [0.4, 0.5) is 24.9 Å². The van der Waals surface area contributed by atoms with Crippen molar-refractivity contribution in [1.82, 2.24) is 15.0 Å². The van der Waals surface area contributed by atoms with Gasteiger partial charge in [-0.25, -0.2) is 23.5 Å². The molecule has 2 aromatic heterocycles. The van der Waals surface area contributed by atoms with Crippen molar-refractivity contribution in [3.05, 3.63) is 47.7 Å². The first-order chi connectivity index (χ1) is 15.1. The standard InChI is InChI=1S/C21H25F3N6O2S/c1-12(13-5-7-14(8-6-13)33(25,31)32)27-19-28-15-9-10-16(20(2,3)4)29-17(15)18(30-19)26-11-21(22,23)24/h5-10,12H,11H2,1-4H3,(H2,25,31,32)(H2,26,27,28,30)/t12-/m1/s1. The molecule has 0 aliphatic heterocycles. The molecule has 12 heteroatoms. The van der Waals surface area contributed by atoms with E-state index >= 15 is 0 Å². The molecule has 3 rings (SSSR count). The van der Waals surface area contributed by atoms with E-state index in [4.69, 9.17) is 5.14 Å². The molecular formula is C21H25F3N6O2S. The van der Waals surface area contributed by atoms with E-state index < -0.39 is 22.7 Å². The van der Waals surface area contributed by atoms with Crippen LogP contribution in [0.2, 0.25) is 0 Å². The molecule has 4 N–H and O–H groups in total. The monoisotopic (exact) mass is 482 g/mol. The maximum absolute atomic E-state index is 12.9. The van der Waals surface area contributed by atoms with E-state index in [1.165, 1.54) is 12.1 Å². The number of halogens is 3. The minimum absolute atomic E-state index is 0.0280. The molecule has 0 unspecified atom stereocenters. The van der Waals surface area contributed by atoms with Crippen molar-refractivity contribution in [3.8, 4) is 0 Å². The van der Waals surface area contributed by atoms with Crippen molar-refractivity contribution < 1.29 is 21.6 Å². The van der Waals surface area contributed by atoms with Crippen LogP contribution in [0.25, 0.3) is 11.0 Å². The first kappa shape index (κ1) is 24.6. The fourth-order valence-electron chi connectivity index (χ4n) is 3.03. The van der Waals surface area contributed by atoms with Gasteiger partial charge in [-0.2, -0.15) is 18.2 Å². The molecule has 0 bridgehead atoms. The van der Waals surface area contributed by atoms with Gasteiger partial charge in [0, 0.05) is 11.1 Å². The predicted octanol–water partition coefficient (Wildman–Crippen LogP) is 4.12. The Morgan fingerprint density at radius 1 is 1.00 bits per heavy atom. The molecule has 0 amide bonds. The molecule has 0 radical (unpaired) electrons.